The molecular weight excluding hydrogens is 382 g/mol. The first kappa shape index (κ1) is 21.4. The topological polar surface area (TPSA) is 55.8 Å². The molecule has 0 bridgehead atoms. The third kappa shape index (κ3) is 6.66. The van der Waals surface area contributed by atoms with Crippen molar-refractivity contribution >= 4 is 46.3 Å². The molecule has 2 rings (SSSR count). The van der Waals surface area contributed by atoms with Gasteiger partial charge >= 0.3 is 5.97 Å². The maximum absolute atomic E-state index is 12.2. The number of methoxy groups -OCH3 is 1. The summed E-state index contributed by atoms with van der Waals surface area (Å²) in [4.78, 5) is 26.8. The van der Waals surface area contributed by atoms with Crippen LogP contribution >= 0.6 is 24.0 Å². The molecule has 0 radical (unpaired) electrons. The first-order chi connectivity index (χ1) is 13.0. The van der Waals surface area contributed by atoms with Gasteiger partial charge in [0.2, 0.25) is 0 Å². The normalized spacial score (nSPS) is 15.5. The molecule has 0 saturated carbocycles. The van der Waals surface area contributed by atoms with Crippen LogP contribution in [0.3, 0.4) is 0 Å². The van der Waals surface area contributed by atoms with Gasteiger partial charge < -0.3 is 9.47 Å². The van der Waals surface area contributed by atoms with Crippen LogP contribution in [0.1, 0.15) is 44.6 Å². The summed E-state index contributed by atoms with van der Waals surface area (Å²) in [5.41, 5.74) is 0.950. The number of thioether (sulfide) groups is 1. The molecule has 5 nitrogen and oxygen atoms in total. The largest absolute Gasteiger partial charge is 0.497 e. The molecule has 27 heavy (non-hydrogen) atoms. The number of amides is 1. The van der Waals surface area contributed by atoms with Crippen LogP contribution < -0.4 is 4.74 Å². The predicted molar refractivity (Wildman–Crippen MR) is 113 cm³/mol. The smallest absolute Gasteiger partial charge is 0.305 e. The maximum atomic E-state index is 12.2. The Balaban J connectivity index is 1.82. The highest BCUT2D eigenvalue weighted by atomic mass is 32.2. The molecule has 0 spiro atoms. The standard InChI is InChI=1S/C20H25NO4S2/c1-3-4-5-13-25-18(22)7-6-12-21-19(26)17(27-20(21)23)14-15-8-10-16(24-2)11-9-15/h8-11,14H,3-7,12-13H2,1-2H3/b17-14+. The van der Waals surface area contributed by atoms with Gasteiger partial charge in [0.05, 0.1) is 18.6 Å². The van der Waals surface area contributed by atoms with E-state index in [0.29, 0.717) is 31.0 Å². The average molecular weight is 408 g/mol. The SMILES string of the molecule is CCCCCOC(=O)CCCN1C(=O)S/C(=C/c2ccc(OC)cc2)C1=S. The molecule has 146 valence electrons. The maximum Gasteiger partial charge on any atom is 0.305 e. The Morgan fingerprint density at radius 1 is 1.22 bits per heavy atom. The van der Waals surface area contributed by atoms with E-state index in [1.807, 2.05) is 30.3 Å². The van der Waals surface area contributed by atoms with E-state index in [1.54, 1.807) is 12.0 Å². The summed E-state index contributed by atoms with van der Waals surface area (Å²) in [7, 11) is 1.62. The molecule has 1 amide bonds. The van der Waals surface area contributed by atoms with Gasteiger partial charge in [-0.2, -0.15) is 0 Å². The van der Waals surface area contributed by atoms with E-state index in [0.717, 1.165) is 47.2 Å². The zero-order valence-electron chi connectivity index (χ0n) is 15.7. The van der Waals surface area contributed by atoms with Crippen LogP contribution in [0.4, 0.5) is 4.79 Å². The van der Waals surface area contributed by atoms with Crippen LogP contribution in [-0.4, -0.2) is 41.4 Å². The van der Waals surface area contributed by atoms with Crippen LogP contribution in [0, 0.1) is 0 Å². The number of unbranched alkanes of at least 4 members (excludes halogenated alkanes) is 2. The van der Waals surface area contributed by atoms with E-state index in [2.05, 4.69) is 6.92 Å². The second-order valence-electron chi connectivity index (χ2n) is 6.14. The quantitative estimate of drug-likeness (QED) is 0.234. The Labute approximate surface area is 170 Å². The van der Waals surface area contributed by atoms with Crippen molar-refractivity contribution in [1.29, 1.82) is 0 Å². The third-order valence-corrected chi connectivity index (χ3v) is 5.56. The van der Waals surface area contributed by atoms with Gasteiger partial charge in [-0.3, -0.25) is 14.5 Å². The van der Waals surface area contributed by atoms with Crippen molar-refractivity contribution in [3.63, 3.8) is 0 Å². The number of carbonyl (C=O) groups excluding carboxylic acids is 2. The molecule has 1 fully saturated rings. The molecular formula is C20H25NO4S2. The van der Waals surface area contributed by atoms with E-state index >= 15 is 0 Å². The highest BCUT2D eigenvalue weighted by Gasteiger charge is 2.31. The van der Waals surface area contributed by atoms with Crippen LogP contribution in [0.2, 0.25) is 0 Å². The second kappa shape index (κ2) is 11.1. The Hall–Kier alpha value is -1.86. The minimum Gasteiger partial charge on any atom is -0.497 e. The number of rotatable bonds is 10. The Kier molecular flexibility index (Phi) is 8.81. The second-order valence-corrected chi connectivity index (χ2v) is 7.52. The van der Waals surface area contributed by atoms with E-state index in [1.165, 1.54) is 0 Å². The first-order valence-corrected chi connectivity index (χ1v) is 10.3. The molecule has 1 aromatic rings. The summed E-state index contributed by atoms with van der Waals surface area (Å²) >= 11 is 6.56. The Morgan fingerprint density at radius 3 is 2.63 bits per heavy atom. The average Bonchev–Trinajstić information content (AvgIpc) is 2.93. The van der Waals surface area contributed by atoms with Crippen LogP contribution in [0.25, 0.3) is 6.08 Å². The van der Waals surface area contributed by atoms with Gasteiger partial charge in [-0.05, 0) is 48.4 Å². The van der Waals surface area contributed by atoms with Gasteiger partial charge in [-0.15, -0.1) is 0 Å². The lowest BCUT2D eigenvalue weighted by atomic mass is 10.2. The van der Waals surface area contributed by atoms with Gasteiger partial charge in [-0.25, -0.2) is 0 Å². The van der Waals surface area contributed by atoms with E-state index in [-0.39, 0.29) is 11.2 Å². The van der Waals surface area contributed by atoms with Crippen molar-refractivity contribution in [3.05, 3.63) is 34.7 Å². The fourth-order valence-electron chi connectivity index (χ4n) is 2.54. The number of carbonyl (C=O) groups is 2. The fourth-order valence-corrected chi connectivity index (χ4v) is 3.83. The molecule has 0 aliphatic carbocycles. The van der Waals surface area contributed by atoms with Gasteiger partial charge in [0.25, 0.3) is 5.24 Å². The predicted octanol–water partition coefficient (Wildman–Crippen LogP) is 5.05. The number of ether oxygens (including phenoxy) is 2. The van der Waals surface area contributed by atoms with Gasteiger partial charge in [0, 0.05) is 13.0 Å². The summed E-state index contributed by atoms with van der Waals surface area (Å²) in [6, 6.07) is 7.55. The lowest BCUT2D eigenvalue weighted by Gasteiger charge is -2.14. The highest BCUT2D eigenvalue weighted by Crippen LogP contribution is 2.33. The minimum absolute atomic E-state index is 0.101. The third-order valence-electron chi connectivity index (χ3n) is 4.06. The fraction of sp³-hybridized carbons (Fsp3) is 0.450. The van der Waals surface area contributed by atoms with Crippen LogP contribution in [-0.2, 0) is 9.53 Å². The molecule has 1 aliphatic heterocycles. The van der Waals surface area contributed by atoms with Gasteiger partial charge in [-0.1, -0.05) is 44.1 Å². The van der Waals surface area contributed by atoms with Crippen molar-refractivity contribution in [2.75, 3.05) is 20.3 Å². The molecule has 0 N–H and O–H groups in total. The molecule has 0 aromatic heterocycles. The molecule has 1 aromatic carbocycles. The summed E-state index contributed by atoms with van der Waals surface area (Å²) in [5.74, 6) is 0.559. The molecule has 0 atom stereocenters. The molecule has 7 heteroatoms. The first-order valence-electron chi connectivity index (χ1n) is 9.10. The van der Waals surface area contributed by atoms with E-state index in [4.69, 9.17) is 21.7 Å². The highest BCUT2D eigenvalue weighted by molar-refractivity contribution is 8.19. The van der Waals surface area contributed by atoms with Crippen molar-refractivity contribution in [1.82, 2.24) is 4.90 Å². The molecule has 0 unspecified atom stereocenters. The molecule has 1 aliphatic rings. The van der Waals surface area contributed by atoms with Gasteiger partial charge in [0.15, 0.2) is 0 Å². The number of nitrogens with zero attached hydrogens (tertiary/aromatic N) is 1. The van der Waals surface area contributed by atoms with Crippen LogP contribution in [0.15, 0.2) is 29.2 Å². The van der Waals surface area contributed by atoms with Crippen molar-refractivity contribution in [2.24, 2.45) is 0 Å². The summed E-state index contributed by atoms with van der Waals surface area (Å²) in [5, 5.41) is -0.101. The Morgan fingerprint density at radius 2 is 1.96 bits per heavy atom. The number of hydrogen-bond donors (Lipinski definition) is 0. The summed E-state index contributed by atoms with van der Waals surface area (Å²) < 4.78 is 10.3. The van der Waals surface area contributed by atoms with E-state index < -0.39 is 0 Å². The van der Waals surface area contributed by atoms with E-state index in [9.17, 15) is 9.59 Å². The number of esters is 1. The van der Waals surface area contributed by atoms with Crippen molar-refractivity contribution < 1.29 is 19.1 Å². The summed E-state index contributed by atoms with van der Waals surface area (Å²) in [6.45, 7) is 3.00. The zero-order valence-corrected chi connectivity index (χ0v) is 17.4. The Bertz CT molecular complexity index is 700. The summed E-state index contributed by atoms with van der Waals surface area (Å²) in [6.07, 6.45) is 5.77. The zero-order chi connectivity index (χ0) is 19.6. The number of hydrogen-bond acceptors (Lipinski definition) is 6. The van der Waals surface area contributed by atoms with Crippen molar-refractivity contribution in [3.8, 4) is 5.75 Å². The number of thiocarbonyl (C=S) groups is 1. The van der Waals surface area contributed by atoms with Crippen LogP contribution in [0.5, 0.6) is 5.75 Å². The van der Waals surface area contributed by atoms with Crippen molar-refractivity contribution in [2.45, 2.75) is 39.0 Å². The monoisotopic (exact) mass is 407 g/mol. The number of benzene rings is 1. The molecule has 1 heterocycles. The lowest BCUT2D eigenvalue weighted by Crippen LogP contribution is -2.28. The molecule has 1 saturated heterocycles. The lowest BCUT2D eigenvalue weighted by molar-refractivity contribution is -0.143. The van der Waals surface area contributed by atoms with Gasteiger partial charge in [0.1, 0.15) is 10.7 Å². The minimum atomic E-state index is -0.217.